The molecule has 0 aliphatic heterocycles. The minimum atomic E-state index is -0.0831. The minimum Gasteiger partial charge on any atom is -0.456 e. The third kappa shape index (κ3) is 2.27. The van der Waals surface area contributed by atoms with Gasteiger partial charge < -0.3 is 4.42 Å². The highest BCUT2D eigenvalue weighted by Gasteiger charge is 2.07. The Morgan fingerprint density at radius 2 is 1.89 bits per heavy atom. The van der Waals surface area contributed by atoms with Crippen LogP contribution in [0.5, 0.6) is 0 Å². The SMILES string of the molecule is Cc1cccc(-c2cc(=O)c3cc(Cl)ccc3o2)c1. The van der Waals surface area contributed by atoms with Crippen LogP contribution in [0, 0.1) is 6.92 Å². The second kappa shape index (κ2) is 4.56. The molecule has 1 heterocycles. The van der Waals surface area contributed by atoms with Crippen LogP contribution in [-0.4, -0.2) is 0 Å². The highest BCUT2D eigenvalue weighted by atomic mass is 35.5. The van der Waals surface area contributed by atoms with Crippen LogP contribution < -0.4 is 5.43 Å². The van der Waals surface area contributed by atoms with E-state index < -0.39 is 0 Å². The molecule has 3 aromatic rings. The zero-order valence-electron chi connectivity index (χ0n) is 10.3. The summed E-state index contributed by atoms with van der Waals surface area (Å²) in [5.74, 6) is 0.573. The minimum absolute atomic E-state index is 0.0831. The monoisotopic (exact) mass is 270 g/mol. The maximum Gasteiger partial charge on any atom is 0.193 e. The zero-order valence-corrected chi connectivity index (χ0v) is 11.1. The van der Waals surface area contributed by atoms with Gasteiger partial charge in [0.25, 0.3) is 0 Å². The summed E-state index contributed by atoms with van der Waals surface area (Å²) in [5, 5.41) is 1.03. The van der Waals surface area contributed by atoms with Crippen LogP contribution in [0.15, 0.2) is 57.7 Å². The van der Waals surface area contributed by atoms with Crippen LogP contribution in [0.3, 0.4) is 0 Å². The van der Waals surface area contributed by atoms with Gasteiger partial charge in [-0.2, -0.15) is 0 Å². The Bertz CT molecular complexity index is 818. The van der Waals surface area contributed by atoms with Gasteiger partial charge in [0, 0.05) is 16.7 Å². The van der Waals surface area contributed by atoms with Crippen LogP contribution >= 0.6 is 11.6 Å². The van der Waals surface area contributed by atoms with Gasteiger partial charge in [-0.05, 0) is 31.2 Å². The molecule has 1 aromatic heterocycles. The van der Waals surface area contributed by atoms with Crippen LogP contribution in [0.2, 0.25) is 5.02 Å². The van der Waals surface area contributed by atoms with Crippen molar-refractivity contribution in [3.05, 3.63) is 69.3 Å². The lowest BCUT2D eigenvalue weighted by atomic mass is 10.1. The molecule has 3 heteroatoms. The van der Waals surface area contributed by atoms with Crippen molar-refractivity contribution in [3.63, 3.8) is 0 Å². The molecule has 0 bridgehead atoms. The number of hydrogen-bond acceptors (Lipinski definition) is 2. The molecule has 0 aliphatic rings. The summed E-state index contributed by atoms with van der Waals surface area (Å²) in [6.07, 6.45) is 0. The van der Waals surface area contributed by atoms with Crippen molar-refractivity contribution < 1.29 is 4.42 Å². The standard InChI is InChI=1S/C16H11ClO2/c1-10-3-2-4-11(7-10)16-9-14(18)13-8-12(17)5-6-15(13)19-16/h2-9H,1H3. The van der Waals surface area contributed by atoms with Crippen LogP contribution in [0.25, 0.3) is 22.3 Å². The van der Waals surface area contributed by atoms with Crippen LogP contribution in [-0.2, 0) is 0 Å². The van der Waals surface area contributed by atoms with Crippen molar-refractivity contribution in [2.45, 2.75) is 6.92 Å². The molecule has 0 atom stereocenters. The summed E-state index contributed by atoms with van der Waals surface area (Å²) in [7, 11) is 0. The van der Waals surface area contributed by atoms with Gasteiger partial charge in [0.1, 0.15) is 11.3 Å². The molecule has 0 amide bonds. The Kier molecular flexibility index (Phi) is 2.88. The highest BCUT2D eigenvalue weighted by molar-refractivity contribution is 6.31. The second-order valence-corrected chi connectivity index (χ2v) is 4.92. The number of hydrogen-bond donors (Lipinski definition) is 0. The molecule has 2 aromatic carbocycles. The van der Waals surface area contributed by atoms with E-state index in [1.54, 1.807) is 18.2 Å². The molecule has 0 saturated heterocycles. The largest absolute Gasteiger partial charge is 0.456 e. The second-order valence-electron chi connectivity index (χ2n) is 4.48. The molecule has 0 saturated carbocycles. The van der Waals surface area contributed by atoms with E-state index >= 15 is 0 Å². The summed E-state index contributed by atoms with van der Waals surface area (Å²) < 4.78 is 5.78. The van der Waals surface area contributed by atoms with Crippen LogP contribution in [0.1, 0.15) is 5.56 Å². The zero-order chi connectivity index (χ0) is 13.4. The maximum atomic E-state index is 12.1. The van der Waals surface area contributed by atoms with Gasteiger partial charge in [0.2, 0.25) is 0 Å². The fourth-order valence-electron chi connectivity index (χ4n) is 2.07. The normalized spacial score (nSPS) is 10.8. The van der Waals surface area contributed by atoms with E-state index in [1.807, 2.05) is 31.2 Å². The van der Waals surface area contributed by atoms with Crippen LogP contribution in [0.4, 0.5) is 0 Å². The molecular formula is C16H11ClO2. The number of rotatable bonds is 1. The Morgan fingerprint density at radius 3 is 2.68 bits per heavy atom. The predicted octanol–water partition coefficient (Wildman–Crippen LogP) is 4.42. The fraction of sp³-hybridized carbons (Fsp3) is 0.0625. The summed E-state index contributed by atoms with van der Waals surface area (Å²) in [5.41, 5.74) is 2.49. The van der Waals surface area contributed by atoms with Gasteiger partial charge in [-0.15, -0.1) is 0 Å². The van der Waals surface area contributed by atoms with Gasteiger partial charge in [-0.1, -0.05) is 35.4 Å². The third-order valence-electron chi connectivity index (χ3n) is 2.99. The van der Waals surface area contributed by atoms with E-state index in [-0.39, 0.29) is 5.43 Å². The maximum absolute atomic E-state index is 12.1. The molecule has 0 radical (unpaired) electrons. The van der Waals surface area contributed by atoms with Gasteiger partial charge in [0.05, 0.1) is 5.39 Å². The fourth-order valence-corrected chi connectivity index (χ4v) is 2.24. The molecule has 0 N–H and O–H groups in total. The highest BCUT2D eigenvalue weighted by Crippen LogP contribution is 2.24. The molecule has 3 rings (SSSR count). The molecule has 94 valence electrons. The summed E-state index contributed by atoms with van der Waals surface area (Å²) >= 11 is 5.89. The van der Waals surface area contributed by atoms with Crippen molar-refractivity contribution in [2.24, 2.45) is 0 Å². The van der Waals surface area contributed by atoms with E-state index in [0.717, 1.165) is 11.1 Å². The van der Waals surface area contributed by atoms with E-state index in [2.05, 4.69) is 0 Å². The quantitative estimate of drug-likeness (QED) is 0.655. The van der Waals surface area contributed by atoms with E-state index in [1.165, 1.54) is 6.07 Å². The average molecular weight is 271 g/mol. The molecule has 0 aliphatic carbocycles. The van der Waals surface area contributed by atoms with E-state index in [9.17, 15) is 4.79 Å². The summed E-state index contributed by atoms with van der Waals surface area (Å²) in [6.45, 7) is 2.00. The van der Waals surface area contributed by atoms with E-state index in [4.69, 9.17) is 16.0 Å². The lowest BCUT2D eigenvalue weighted by Gasteiger charge is -2.04. The van der Waals surface area contributed by atoms with Gasteiger partial charge in [-0.3, -0.25) is 4.79 Å². The Labute approximate surface area is 115 Å². The Morgan fingerprint density at radius 1 is 1.05 bits per heavy atom. The Hall–Kier alpha value is -2.06. The number of aryl methyl sites for hydroxylation is 1. The van der Waals surface area contributed by atoms with Crippen molar-refractivity contribution >= 4 is 22.6 Å². The summed E-state index contributed by atoms with van der Waals surface area (Å²) in [6, 6.07) is 14.4. The lowest BCUT2D eigenvalue weighted by Crippen LogP contribution is -2.00. The average Bonchev–Trinajstić information content (AvgIpc) is 2.39. The molecule has 2 nitrogen and oxygen atoms in total. The number of halogens is 1. The Balaban J connectivity index is 2.27. The van der Waals surface area contributed by atoms with Crippen molar-refractivity contribution in [1.82, 2.24) is 0 Å². The van der Waals surface area contributed by atoms with E-state index in [0.29, 0.717) is 21.8 Å². The van der Waals surface area contributed by atoms with Crippen molar-refractivity contribution in [3.8, 4) is 11.3 Å². The topological polar surface area (TPSA) is 30.2 Å². The van der Waals surface area contributed by atoms with Crippen molar-refractivity contribution in [1.29, 1.82) is 0 Å². The first-order chi connectivity index (χ1) is 9.13. The molecule has 0 unspecified atom stereocenters. The van der Waals surface area contributed by atoms with Gasteiger partial charge in [0.15, 0.2) is 5.43 Å². The van der Waals surface area contributed by atoms with Gasteiger partial charge >= 0.3 is 0 Å². The number of benzene rings is 2. The first-order valence-electron chi connectivity index (χ1n) is 5.94. The third-order valence-corrected chi connectivity index (χ3v) is 3.23. The number of fused-ring (bicyclic) bond motifs is 1. The first kappa shape index (κ1) is 12.0. The molecule has 19 heavy (non-hydrogen) atoms. The molecular weight excluding hydrogens is 260 g/mol. The predicted molar refractivity (Wildman–Crippen MR) is 77.7 cm³/mol. The van der Waals surface area contributed by atoms with Gasteiger partial charge in [-0.25, -0.2) is 0 Å². The first-order valence-corrected chi connectivity index (χ1v) is 6.32. The molecule has 0 spiro atoms. The smallest absolute Gasteiger partial charge is 0.193 e. The van der Waals surface area contributed by atoms with Crippen molar-refractivity contribution in [2.75, 3.05) is 0 Å². The molecule has 0 fully saturated rings. The lowest BCUT2D eigenvalue weighted by molar-refractivity contribution is 0.619. The summed E-state index contributed by atoms with van der Waals surface area (Å²) in [4.78, 5) is 12.1.